The summed E-state index contributed by atoms with van der Waals surface area (Å²) in [6, 6.07) is 4.13. The Hall–Kier alpha value is -1.45. The van der Waals surface area contributed by atoms with Gasteiger partial charge in [-0.25, -0.2) is 8.78 Å². The molecule has 92 valence electrons. The van der Waals surface area contributed by atoms with Crippen LogP contribution in [-0.2, 0) is 4.79 Å². The number of rotatable bonds is 2. The summed E-state index contributed by atoms with van der Waals surface area (Å²) < 4.78 is 25.9. The Morgan fingerprint density at radius 1 is 1.18 bits per heavy atom. The number of hydrogen-bond donors (Lipinski definition) is 0. The molecule has 0 spiro atoms. The van der Waals surface area contributed by atoms with Crippen LogP contribution in [0.3, 0.4) is 0 Å². The van der Waals surface area contributed by atoms with Gasteiger partial charge in [0.1, 0.15) is 5.78 Å². The van der Waals surface area contributed by atoms with Crippen LogP contribution in [0, 0.1) is 11.6 Å². The molecule has 2 rings (SSSR count). The minimum atomic E-state index is -0.832. The topological polar surface area (TPSA) is 20.3 Å². The van der Waals surface area contributed by atoms with E-state index in [4.69, 9.17) is 0 Å². The average Bonchev–Trinajstić information content (AvgIpc) is 2.33. The molecule has 4 heteroatoms. The first-order chi connectivity index (χ1) is 8.08. The molecule has 1 aromatic carbocycles. The minimum Gasteiger partial charge on any atom is -0.371 e. The molecule has 1 aliphatic carbocycles. The maximum absolute atomic E-state index is 13.1. The van der Waals surface area contributed by atoms with Crippen LogP contribution in [0.2, 0.25) is 0 Å². The van der Waals surface area contributed by atoms with Gasteiger partial charge in [-0.1, -0.05) is 0 Å². The van der Waals surface area contributed by atoms with Crippen molar-refractivity contribution < 1.29 is 13.6 Å². The van der Waals surface area contributed by atoms with Crippen molar-refractivity contribution in [2.24, 2.45) is 0 Å². The van der Waals surface area contributed by atoms with E-state index < -0.39 is 11.6 Å². The molecule has 0 bridgehead atoms. The zero-order valence-corrected chi connectivity index (χ0v) is 9.75. The highest BCUT2D eigenvalue weighted by Crippen LogP contribution is 2.25. The fourth-order valence-electron chi connectivity index (χ4n) is 2.23. The highest BCUT2D eigenvalue weighted by atomic mass is 19.2. The van der Waals surface area contributed by atoms with E-state index in [0.717, 1.165) is 18.9 Å². The smallest absolute Gasteiger partial charge is 0.160 e. The number of benzene rings is 1. The number of Topliss-reactive ketones (excluding diaryl/α,β-unsaturated/α-hetero) is 1. The summed E-state index contributed by atoms with van der Waals surface area (Å²) in [5, 5.41) is 0. The van der Waals surface area contributed by atoms with Gasteiger partial charge in [-0.05, 0) is 25.0 Å². The molecule has 0 aromatic heterocycles. The van der Waals surface area contributed by atoms with Gasteiger partial charge in [-0.15, -0.1) is 0 Å². The molecule has 0 radical (unpaired) electrons. The van der Waals surface area contributed by atoms with Crippen LogP contribution in [0.4, 0.5) is 14.5 Å². The third-order valence-corrected chi connectivity index (χ3v) is 3.37. The lowest BCUT2D eigenvalue weighted by atomic mass is 9.93. The van der Waals surface area contributed by atoms with Gasteiger partial charge in [-0.3, -0.25) is 4.79 Å². The lowest BCUT2D eigenvalue weighted by molar-refractivity contribution is -0.120. The highest BCUT2D eigenvalue weighted by Gasteiger charge is 2.22. The molecule has 1 fully saturated rings. The molecule has 0 N–H and O–H groups in total. The van der Waals surface area contributed by atoms with Crippen LogP contribution >= 0.6 is 0 Å². The van der Waals surface area contributed by atoms with Gasteiger partial charge in [-0.2, -0.15) is 0 Å². The van der Waals surface area contributed by atoms with Gasteiger partial charge in [0, 0.05) is 37.7 Å². The molecular formula is C13H15F2NO. The molecular weight excluding hydrogens is 224 g/mol. The Labute approximate surface area is 99.2 Å². The van der Waals surface area contributed by atoms with Gasteiger partial charge < -0.3 is 4.90 Å². The number of carbonyl (C=O) groups excluding carboxylic acids is 1. The SMILES string of the molecule is CN(c1ccc(F)c(F)c1)C1CCC(=O)CC1. The van der Waals surface area contributed by atoms with Gasteiger partial charge in [0.2, 0.25) is 0 Å². The van der Waals surface area contributed by atoms with E-state index in [1.807, 2.05) is 11.9 Å². The molecule has 17 heavy (non-hydrogen) atoms. The molecule has 1 saturated carbocycles. The summed E-state index contributed by atoms with van der Waals surface area (Å²) >= 11 is 0. The number of halogens is 2. The van der Waals surface area contributed by atoms with Crippen molar-refractivity contribution in [1.29, 1.82) is 0 Å². The van der Waals surface area contributed by atoms with Crippen LogP contribution in [0.15, 0.2) is 18.2 Å². The van der Waals surface area contributed by atoms with Crippen molar-refractivity contribution in [3.8, 4) is 0 Å². The van der Waals surface area contributed by atoms with Gasteiger partial charge >= 0.3 is 0 Å². The highest BCUT2D eigenvalue weighted by molar-refractivity contribution is 5.79. The second kappa shape index (κ2) is 4.82. The molecule has 1 aliphatic rings. The third-order valence-electron chi connectivity index (χ3n) is 3.37. The first kappa shape index (κ1) is 12.0. The van der Waals surface area contributed by atoms with E-state index in [1.165, 1.54) is 6.07 Å². The largest absolute Gasteiger partial charge is 0.371 e. The normalized spacial score (nSPS) is 17.2. The van der Waals surface area contributed by atoms with E-state index in [2.05, 4.69) is 0 Å². The molecule has 0 unspecified atom stereocenters. The third kappa shape index (κ3) is 2.62. The quantitative estimate of drug-likeness (QED) is 0.791. The maximum atomic E-state index is 13.1. The second-order valence-electron chi connectivity index (χ2n) is 4.48. The Bertz CT molecular complexity index is 423. The van der Waals surface area contributed by atoms with E-state index in [1.54, 1.807) is 6.07 Å². The predicted molar refractivity (Wildman–Crippen MR) is 62.0 cm³/mol. The maximum Gasteiger partial charge on any atom is 0.160 e. The van der Waals surface area contributed by atoms with Crippen molar-refractivity contribution in [2.45, 2.75) is 31.7 Å². The summed E-state index contributed by atoms with van der Waals surface area (Å²) in [6.07, 6.45) is 2.74. The van der Waals surface area contributed by atoms with Crippen LogP contribution in [-0.4, -0.2) is 18.9 Å². The zero-order chi connectivity index (χ0) is 12.4. The number of nitrogens with zero attached hydrogens (tertiary/aromatic N) is 1. The zero-order valence-electron chi connectivity index (χ0n) is 9.75. The van der Waals surface area contributed by atoms with Crippen LogP contribution < -0.4 is 4.90 Å². The van der Waals surface area contributed by atoms with Crippen molar-refractivity contribution in [2.75, 3.05) is 11.9 Å². The summed E-state index contributed by atoms with van der Waals surface area (Å²) in [6.45, 7) is 0. The predicted octanol–water partition coefficient (Wildman–Crippen LogP) is 2.91. The lowest BCUT2D eigenvalue weighted by Gasteiger charge is -2.32. The molecule has 0 amide bonds. The molecule has 0 atom stereocenters. The Morgan fingerprint density at radius 3 is 2.41 bits per heavy atom. The van der Waals surface area contributed by atoms with E-state index >= 15 is 0 Å². The molecule has 0 saturated heterocycles. The van der Waals surface area contributed by atoms with Crippen molar-refractivity contribution in [3.05, 3.63) is 29.8 Å². The first-order valence-electron chi connectivity index (χ1n) is 5.77. The Balaban J connectivity index is 2.11. The second-order valence-corrected chi connectivity index (χ2v) is 4.48. The number of carbonyl (C=O) groups is 1. The lowest BCUT2D eigenvalue weighted by Crippen LogP contribution is -2.35. The first-order valence-corrected chi connectivity index (χ1v) is 5.77. The van der Waals surface area contributed by atoms with E-state index in [9.17, 15) is 13.6 Å². The number of anilines is 1. The Kier molecular flexibility index (Phi) is 3.41. The van der Waals surface area contributed by atoms with E-state index in [-0.39, 0.29) is 6.04 Å². The monoisotopic (exact) mass is 239 g/mol. The average molecular weight is 239 g/mol. The standard InChI is InChI=1S/C13H15F2NO/c1-16(9-2-5-11(17)6-3-9)10-4-7-12(14)13(15)8-10/h4,7-9H,2-3,5-6H2,1H3. The minimum absolute atomic E-state index is 0.234. The molecule has 2 nitrogen and oxygen atoms in total. The Morgan fingerprint density at radius 2 is 1.82 bits per heavy atom. The van der Waals surface area contributed by atoms with Gasteiger partial charge in [0.15, 0.2) is 11.6 Å². The summed E-state index contributed by atoms with van der Waals surface area (Å²) in [5.74, 6) is -1.37. The van der Waals surface area contributed by atoms with Crippen molar-refractivity contribution in [3.63, 3.8) is 0 Å². The van der Waals surface area contributed by atoms with Crippen LogP contribution in [0.5, 0.6) is 0 Å². The fourth-order valence-corrected chi connectivity index (χ4v) is 2.23. The van der Waals surface area contributed by atoms with Crippen molar-refractivity contribution >= 4 is 11.5 Å². The number of ketones is 1. The van der Waals surface area contributed by atoms with Crippen molar-refractivity contribution in [1.82, 2.24) is 0 Å². The summed E-state index contributed by atoms with van der Waals surface area (Å²) in [4.78, 5) is 13.1. The number of hydrogen-bond acceptors (Lipinski definition) is 2. The van der Waals surface area contributed by atoms with Crippen LogP contribution in [0.25, 0.3) is 0 Å². The van der Waals surface area contributed by atoms with Gasteiger partial charge in [0.25, 0.3) is 0 Å². The van der Waals surface area contributed by atoms with Gasteiger partial charge in [0.05, 0.1) is 0 Å². The fraction of sp³-hybridized carbons (Fsp3) is 0.462. The summed E-state index contributed by atoms with van der Waals surface area (Å²) in [7, 11) is 1.85. The molecule has 0 heterocycles. The van der Waals surface area contributed by atoms with Crippen LogP contribution in [0.1, 0.15) is 25.7 Å². The summed E-state index contributed by atoms with van der Waals surface area (Å²) in [5.41, 5.74) is 0.656. The molecule has 1 aromatic rings. The molecule has 0 aliphatic heterocycles. The van der Waals surface area contributed by atoms with E-state index in [0.29, 0.717) is 24.3 Å².